The summed E-state index contributed by atoms with van der Waals surface area (Å²) in [5.41, 5.74) is 4.22. The Morgan fingerprint density at radius 3 is 2.37 bits per heavy atom. The molecule has 4 rings (SSSR count). The van der Waals surface area contributed by atoms with Gasteiger partial charge in [-0.05, 0) is 25.0 Å². The number of imidazole rings is 1. The summed E-state index contributed by atoms with van der Waals surface area (Å²) >= 11 is 7.52. The molecule has 1 N–H and O–H groups in total. The summed E-state index contributed by atoms with van der Waals surface area (Å²) in [6.07, 6.45) is 2.83. The molecule has 0 bridgehead atoms. The van der Waals surface area contributed by atoms with Gasteiger partial charge in [-0.3, -0.25) is 14.9 Å². The van der Waals surface area contributed by atoms with E-state index in [0.29, 0.717) is 13.0 Å². The number of halogens is 1. The highest BCUT2D eigenvalue weighted by atomic mass is 35.5. The Kier molecular flexibility index (Phi) is 9.56. The van der Waals surface area contributed by atoms with Gasteiger partial charge in [-0.2, -0.15) is 0 Å². The number of carbonyl (C=O) groups excluding carboxylic acids is 1. The van der Waals surface area contributed by atoms with Crippen LogP contribution in [0.4, 0.5) is 5.69 Å². The second-order valence-electron chi connectivity index (χ2n) is 8.71. The van der Waals surface area contributed by atoms with Gasteiger partial charge in [0.1, 0.15) is 5.02 Å². The maximum absolute atomic E-state index is 12.5. The Morgan fingerprint density at radius 1 is 1.03 bits per heavy atom. The molecule has 0 spiro atoms. The van der Waals surface area contributed by atoms with Crippen molar-refractivity contribution in [3.05, 3.63) is 99.6 Å². The van der Waals surface area contributed by atoms with Crippen LogP contribution in [0.15, 0.2) is 84.0 Å². The maximum atomic E-state index is 12.5. The second-order valence-corrected chi connectivity index (χ2v) is 10.2. The minimum Gasteiger partial charge on any atom is -0.352 e. The number of rotatable bonds is 12. The number of nitrogens with zero attached hydrogens (tertiary/aromatic N) is 3. The van der Waals surface area contributed by atoms with Gasteiger partial charge < -0.3 is 9.88 Å². The lowest BCUT2D eigenvalue weighted by atomic mass is 10.0. The zero-order valence-electron chi connectivity index (χ0n) is 21.1. The van der Waals surface area contributed by atoms with E-state index in [9.17, 15) is 14.9 Å². The van der Waals surface area contributed by atoms with E-state index in [4.69, 9.17) is 16.6 Å². The van der Waals surface area contributed by atoms with Crippen molar-refractivity contribution < 1.29 is 9.72 Å². The first kappa shape index (κ1) is 27.4. The van der Waals surface area contributed by atoms with E-state index >= 15 is 0 Å². The normalized spacial score (nSPS) is 10.9. The molecule has 0 unspecified atom stereocenters. The summed E-state index contributed by atoms with van der Waals surface area (Å²) in [7, 11) is 0. The zero-order valence-corrected chi connectivity index (χ0v) is 22.7. The Bertz CT molecular complexity index is 1390. The first-order valence-corrected chi connectivity index (χ1v) is 13.9. The van der Waals surface area contributed by atoms with E-state index in [1.54, 1.807) is 11.8 Å². The van der Waals surface area contributed by atoms with Crippen LogP contribution in [0.3, 0.4) is 0 Å². The molecule has 1 aromatic heterocycles. The SMILES string of the molecule is CCCCn1c(SCCCNC(=O)c2ccc(Cl)c([N+](=O)[O-])c2)nc(-c2ccccc2)c1-c1ccccc1. The number of nitro benzene ring substituents is 1. The lowest BCUT2D eigenvalue weighted by Gasteiger charge is -2.13. The highest BCUT2D eigenvalue weighted by molar-refractivity contribution is 7.99. The lowest BCUT2D eigenvalue weighted by molar-refractivity contribution is -0.384. The number of amides is 1. The smallest absolute Gasteiger partial charge is 0.288 e. The van der Waals surface area contributed by atoms with Gasteiger partial charge in [0.05, 0.1) is 16.3 Å². The van der Waals surface area contributed by atoms with Crippen molar-refractivity contribution in [1.29, 1.82) is 0 Å². The summed E-state index contributed by atoms with van der Waals surface area (Å²) in [6, 6.07) is 24.7. The Balaban J connectivity index is 1.48. The number of hydrogen-bond donors (Lipinski definition) is 1. The summed E-state index contributed by atoms with van der Waals surface area (Å²) < 4.78 is 2.32. The standard InChI is InChI=1S/C29H29ClN4O3S/c1-2-3-18-33-27(22-13-8-5-9-14-22)26(21-11-6-4-7-12-21)32-29(33)38-19-10-17-31-28(35)23-15-16-24(30)25(20-23)34(36)37/h4-9,11-16,20H,2-3,10,17-19H2,1H3,(H,31,35). The minimum absolute atomic E-state index is 0.00580. The monoisotopic (exact) mass is 548 g/mol. The maximum Gasteiger partial charge on any atom is 0.288 e. The van der Waals surface area contributed by atoms with Crippen molar-refractivity contribution in [2.75, 3.05) is 12.3 Å². The highest BCUT2D eigenvalue weighted by Crippen LogP contribution is 2.36. The van der Waals surface area contributed by atoms with Gasteiger partial charge in [-0.1, -0.05) is 97.4 Å². The molecule has 1 amide bonds. The fourth-order valence-electron chi connectivity index (χ4n) is 4.09. The molecule has 0 saturated heterocycles. The number of unbranched alkanes of at least 4 members (excludes halogenated alkanes) is 1. The predicted molar refractivity (Wildman–Crippen MR) is 154 cm³/mol. The third kappa shape index (κ3) is 6.62. The van der Waals surface area contributed by atoms with E-state index in [1.807, 2.05) is 36.4 Å². The van der Waals surface area contributed by atoms with E-state index < -0.39 is 4.92 Å². The van der Waals surface area contributed by atoms with Crippen LogP contribution >= 0.6 is 23.4 Å². The van der Waals surface area contributed by atoms with Crippen LogP contribution in [0.25, 0.3) is 22.5 Å². The van der Waals surface area contributed by atoms with Gasteiger partial charge in [-0.15, -0.1) is 0 Å². The molecule has 7 nitrogen and oxygen atoms in total. The first-order valence-electron chi connectivity index (χ1n) is 12.6. The van der Waals surface area contributed by atoms with Gasteiger partial charge in [0.25, 0.3) is 11.6 Å². The number of aromatic nitrogens is 2. The first-order chi connectivity index (χ1) is 18.5. The van der Waals surface area contributed by atoms with E-state index in [1.165, 1.54) is 18.2 Å². The predicted octanol–water partition coefficient (Wildman–Crippen LogP) is 7.49. The molecule has 0 atom stereocenters. The van der Waals surface area contributed by atoms with Crippen molar-refractivity contribution in [3.63, 3.8) is 0 Å². The van der Waals surface area contributed by atoms with Crippen LogP contribution in [0.1, 0.15) is 36.5 Å². The van der Waals surface area contributed by atoms with Gasteiger partial charge in [0.15, 0.2) is 5.16 Å². The molecule has 0 aliphatic carbocycles. The number of carbonyl (C=O) groups is 1. The van der Waals surface area contributed by atoms with Crippen LogP contribution in [0.5, 0.6) is 0 Å². The van der Waals surface area contributed by atoms with Crippen molar-refractivity contribution >= 4 is 35.0 Å². The van der Waals surface area contributed by atoms with Crippen molar-refractivity contribution in [1.82, 2.24) is 14.9 Å². The highest BCUT2D eigenvalue weighted by Gasteiger charge is 2.20. The third-order valence-electron chi connectivity index (χ3n) is 6.01. The average Bonchev–Trinajstić information content (AvgIpc) is 3.30. The molecule has 3 aromatic carbocycles. The fraction of sp³-hybridized carbons (Fsp3) is 0.241. The van der Waals surface area contributed by atoms with Crippen molar-refractivity contribution in [2.45, 2.75) is 37.9 Å². The minimum atomic E-state index is -0.593. The molecule has 196 valence electrons. The van der Waals surface area contributed by atoms with Crippen LogP contribution in [0.2, 0.25) is 5.02 Å². The zero-order chi connectivity index (χ0) is 26.9. The summed E-state index contributed by atoms with van der Waals surface area (Å²) in [4.78, 5) is 28.1. The Morgan fingerprint density at radius 2 is 1.71 bits per heavy atom. The largest absolute Gasteiger partial charge is 0.352 e. The molecule has 0 aliphatic rings. The molecule has 0 aliphatic heterocycles. The van der Waals surface area contributed by atoms with Crippen LogP contribution < -0.4 is 5.32 Å². The average molecular weight is 549 g/mol. The molecule has 4 aromatic rings. The molecule has 0 saturated carbocycles. The van der Waals surface area contributed by atoms with E-state index in [0.717, 1.165) is 52.8 Å². The topological polar surface area (TPSA) is 90.1 Å². The quantitative estimate of drug-likeness (QED) is 0.0857. The molecule has 0 radical (unpaired) electrons. The lowest BCUT2D eigenvalue weighted by Crippen LogP contribution is -2.24. The van der Waals surface area contributed by atoms with Gasteiger partial charge in [0, 0.05) is 41.6 Å². The summed E-state index contributed by atoms with van der Waals surface area (Å²) in [5, 5.41) is 14.9. The fourth-order valence-corrected chi connectivity index (χ4v) is 5.24. The number of nitrogens with one attached hydrogen (secondary N) is 1. The van der Waals surface area contributed by atoms with E-state index in [2.05, 4.69) is 41.1 Å². The summed E-state index contributed by atoms with van der Waals surface area (Å²) in [5.74, 6) is 0.393. The van der Waals surface area contributed by atoms with Crippen molar-refractivity contribution in [3.8, 4) is 22.5 Å². The Hall–Kier alpha value is -3.62. The molecule has 9 heteroatoms. The molecule has 38 heavy (non-hydrogen) atoms. The molecule has 1 heterocycles. The van der Waals surface area contributed by atoms with Crippen LogP contribution in [-0.2, 0) is 6.54 Å². The van der Waals surface area contributed by atoms with Gasteiger partial charge in [0.2, 0.25) is 0 Å². The number of benzene rings is 3. The number of thioether (sulfide) groups is 1. The van der Waals surface area contributed by atoms with E-state index in [-0.39, 0.29) is 22.2 Å². The number of nitro groups is 1. The molecule has 0 fully saturated rings. The van der Waals surface area contributed by atoms with Gasteiger partial charge >= 0.3 is 0 Å². The van der Waals surface area contributed by atoms with Crippen molar-refractivity contribution in [2.24, 2.45) is 0 Å². The second kappa shape index (κ2) is 13.3. The van der Waals surface area contributed by atoms with Crippen LogP contribution in [-0.4, -0.2) is 32.7 Å². The molecular formula is C29H29ClN4O3S. The summed E-state index contributed by atoms with van der Waals surface area (Å²) in [6.45, 7) is 3.49. The number of hydrogen-bond acceptors (Lipinski definition) is 5. The molecular weight excluding hydrogens is 520 g/mol. The Labute approximate surface area is 231 Å². The van der Waals surface area contributed by atoms with Gasteiger partial charge in [-0.25, -0.2) is 4.98 Å². The third-order valence-corrected chi connectivity index (χ3v) is 7.39. The van der Waals surface area contributed by atoms with Crippen LogP contribution in [0, 0.1) is 10.1 Å².